The van der Waals surface area contributed by atoms with Crippen LogP contribution in [0.2, 0.25) is 0 Å². The molecule has 1 aliphatic rings. The van der Waals surface area contributed by atoms with E-state index in [1.54, 1.807) is 31.4 Å². The number of amides is 2. The molecule has 0 saturated heterocycles. The zero-order chi connectivity index (χ0) is 18.1. The molecule has 0 aliphatic heterocycles. The van der Waals surface area contributed by atoms with E-state index in [1.807, 2.05) is 0 Å². The lowest BCUT2D eigenvalue weighted by molar-refractivity contribution is -0.128. The Kier molecular flexibility index (Phi) is 7.42. The number of nitrogens with zero attached hydrogens (tertiary/aromatic N) is 1. The summed E-state index contributed by atoms with van der Waals surface area (Å²) in [6.07, 6.45) is 3.62. The number of hydrogen-bond donors (Lipinski definition) is 2. The summed E-state index contributed by atoms with van der Waals surface area (Å²) in [6.45, 7) is 1.26. The molecule has 0 unspecified atom stereocenters. The molecule has 0 heterocycles. The van der Waals surface area contributed by atoms with Crippen molar-refractivity contribution in [3.63, 3.8) is 0 Å². The van der Waals surface area contributed by atoms with Gasteiger partial charge in [0.2, 0.25) is 11.8 Å². The molecule has 2 amide bonds. The standard InChI is InChI=1S/C19H25N3O3/c1-25-12-4-11-21-18(23)14-7-9-15(10-8-14)19(24)22-17-6-3-2-5-16(17)13-20/h2-3,5-6,14-15H,4,7-12H2,1H3,(H,21,23)(H,22,24). The Morgan fingerprint density at radius 2 is 1.80 bits per heavy atom. The lowest BCUT2D eigenvalue weighted by Crippen LogP contribution is -2.36. The van der Waals surface area contributed by atoms with Gasteiger partial charge in [0.05, 0.1) is 11.3 Å². The highest BCUT2D eigenvalue weighted by Gasteiger charge is 2.30. The van der Waals surface area contributed by atoms with Crippen molar-refractivity contribution >= 4 is 17.5 Å². The Bertz CT molecular complexity index is 631. The van der Waals surface area contributed by atoms with E-state index in [4.69, 9.17) is 10.00 Å². The van der Waals surface area contributed by atoms with Crippen LogP contribution in [-0.2, 0) is 14.3 Å². The number of ether oxygens (including phenoxy) is 1. The number of carbonyl (C=O) groups excluding carboxylic acids is 2. The monoisotopic (exact) mass is 343 g/mol. The summed E-state index contributed by atoms with van der Waals surface area (Å²) in [7, 11) is 1.64. The summed E-state index contributed by atoms with van der Waals surface area (Å²) >= 11 is 0. The molecular weight excluding hydrogens is 318 g/mol. The maximum absolute atomic E-state index is 12.4. The molecule has 134 valence electrons. The van der Waals surface area contributed by atoms with E-state index in [0.717, 1.165) is 6.42 Å². The molecule has 25 heavy (non-hydrogen) atoms. The molecular formula is C19H25N3O3. The Balaban J connectivity index is 1.78. The molecule has 1 saturated carbocycles. The van der Waals surface area contributed by atoms with Crippen molar-refractivity contribution in [1.29, 1.82) is 5.26 Å². The van der Waals surface area contributed by atoms with Gasteiger partial charge < -0.3 is 15.4 Å². The molecule has 0 atom stereocenters. The SMILES string of the molecule is COCCCNC(=O)C1CCC(C(=O)Nc2ccccc2C#N)CC1. The molecule has 1 aliphatic carbocycles. The minimum atomic E-state index is -0.107. The average molecular weight is 343 g/mol. The van der Waals surface area contributed by atoms with Gasteiger partial charge in [0.15, 0.2) is 0 Å². The first-order chi connectivity index (χ1) is 12.2. The lowest BCUT2D eigenvalue weighted by Gasteiger charge is -2.27. The van der Waals surface area contributed by atoms with Gasteiger partial charge in [-0.1, -0.05) is 12.1 Å². The van der Waals surface area contributed by atoms with Gasteiger partial charge in [0.25, 0.3) is 0 Å². The van der Waals surface area contributed by atoms with E-state index in [0.29, 0.717) is 50.1 Å². The maximum atomic E-state index is 12.4. The largest absolute Gasteiger partial charge is 0.385 e. The zero-order valence-electron chi connectivity index (χ0n) is 14.6. The van der Waals surface area contributed by atoms with Crippen LogP contribution in [-0.4, -0.2) is 32.1 Å². The molecule has 2 rings (SSSR count). The Morgan fingerprint density at radius 3 is 2.44 bits per heavy atom. The molecule has 1 fully saturated rings. The molecule has 2 N–H and O–H groups in total. The molecule has 6 nitrogen and oxygen atoms in total. The van der Waals surface area contributed by atoms with Gasteiger partial charge in [-0.15, -0.1) is 0 Å². The van der Waals surface area contributed by atoms with Crippen molar-refractivity contribution in [2.24, 2.45) is 11.8 Å². The number of nitriles is 1. The van der Waals surface area contributed by atoms with Crippen molar-refractivity contribution in [3.05, 3.63) is 29.8 Å². The molecule has 0 aromatic heterocycles. The zero-order valence-corrected chi connectivity index (χ0v) is 14.6. The smallest absolute Gasteiger partial charge is 0.227 e. The minimum Gasteiger partial charge on any atom is -0.385 e. The second-order valence-corrected chi connectivity index (χ2v) is 6.33. The van der Waals surface area contributed by atoms with Crippen LogP contribution in [0.4, 0.5) is 5.69 Å². The predicted molar refractivity (Wildman–Crippen MR) is 94.7 cm³/mol. The highest BCUT2D eigenvalue weighted by molar-refractivity contribution is 5.94. The second kappa shape index (κ2) is 9.80. The van der Waals surface area contributed by atoms with E-state index < -0.39 is 0 Å². The third-order valence-corrected chi connectivity index (χ3v) is 4.60. The normalized spacial score (nSPS) is 19.7. The first kappa shape index (κ1) is 18.9. The maximum Gasteiger partial charge on any atom is 0.227 e. The van der Waals surface area contributed by atoms with Crippen LogP contribution in [0.25, 0.3) is 0 Å². The molecule has 0 bridgehead atoms. The number of para-hydroxylation sites is 1. The van der Waals surface area contributed by atoms with Crippen molar-refractivity contribution in [3.8, 4) is 6.07 Å². The number of benzene rings is 1. The third kappa shape index (κ3) is 5.57. The van der Waals surface area contributed by atoms with E-state index >= 15 is 0 Å². The number of carbonyl (C=O) groups is 2. The summed E-state index contributed by atoms with van der Waals surface area (Å²) in [5.74, 6) is -0.117. The summed E-state index contributed by atoms with van der Waals surface area (Å²) in [4.78, 5) is 24.5. The van der Waals surface area contributed by atoms with Gasteiger partial charge in [-0.25, -0.2) is 0 Å². The van der Waals surface area contributed by atoms with Crippen LogP contribution in [0.1, 0.15) is 37.7 Å². The van der Waals surface area contributed by atoms with Gasteiger partial charge in [0, 0.05) is 32.1 Å². The van der Waals surface area contributed by atoms with Crippen LogP contribution in [0.3, 0.4) is 0 Å². The molecule has 1 aromatic rings. The number of anilines is 1. The highest BCUT2D eigenvalue weighted by atomic mass is 16.5. The topological polar surface area (TPSA) is 91.2 Å². The van der Waals surface area contributed by atoms with Gasteiger partial charge >= 0.3 is 0 Å². The molecule has 1 aromatic carbocycles. The van der Waals surface area contributed by atoms with Crippen LogP contribution in [0.5, 0.6) is 0 Å². The van der Waals surface area contributed by atoms with E-state index in [1.165, 1.54) is 0 Å². The van der Waals surface area contributed by atoms with Gasteiger partial charge in [-0.05, 0) is 44.2 Å². The van der Waals surface area contributed by atoms with Gasteiger partial charge in [-0.3, -0.25) is 9.59 Å². The second-order valence-electron chi connectivity index (χ2n) is 6.33. The first-order valence-electron chi connectivity index (χ1n) is 8.72. The Labute approximate surface area is 148 Å². The molecule has 0 spiro atoms. The Morgan fingerprint density at radius 1 is 1.16 bits per heavy atom. The van der Waals surface area contributed by atoms with Crippen LogP contribution in [0.15, 0.2) is 24.3 Å². The fourth-order valence-corrected chi connectivity index (χ4v) is 3.11. The quantitative estimate of drug-likeness (QED) is 0.744. The van der Waals surface area contributed by atoms with Crippen LogP contribution < -0.4 is 10.6 Å². The third-order valence-electron chi connectivity index (χ3n) is 4.60. The highest BCUT2D eigenvalue weighted by Crippen LogP contribution is 2.30. The summed E-state index contributed by atoms with van der Waals surface area (Å²) < 4.78 is 4.96. The van der Waals surface area contributed by atoms with Crippen molar-refractivity contribution in [2.45, 2.75) is 32.1 Å². The number of methoxy groups -OCH3 is 1. The van der Waals surface area contributed by atoms with Crippen LogP contribution >= 0.6 is 0 Å². The lowest BCUT2D eigenvalue weighted by atomic mass is 9.81. The average Bonchev–Trinajstić information content (AvgIpc) is 2.65. The fourth-order valence-electron chi connectivity index (χ4n) is 3.11. The predicted octanol–water partition coefficient (Wildman–Crippen LogP) is 2.46. The van der Waals surface area contributed by atoms with Crippen LogP contribution in [0, 0.1) is 23.2 Å². The van der Waals surface area contributed by atoms with E-state index in [9.17, 15) is 9.59 Å². The number of hydrogen-bond acceptors (Lipinski definition) is 4. The fraction of sp³-hybridized carbons (Fsp3) is 0.526. The minimum absolute atomic E-state index is 0.0158. The summed E-state index contributed by atoms with van der Waals surface area (Å²) in [5.41, 5.74) is 1.01. The van der Waals surface area contributed by atoms with Gasteiger partial charge in [-0.2, -0.15) is 5.26 Å². The van der Waals surface area contributed by atoms with Crippen molar-refractivity contribution < 1.29 is 14.3 Å². The van der Waals surface area contributed by atoms with E-state index in [2.05, 4.69) is 16.7 Å². The van der Waals surface area contributed by atoms with Crippen molar-refractivity contribution in [2.75, 3.05) is 25.6 Å². The number of nitrogens with one attached hydrogen (secondary N) is 2. The van der Waals surface area contributed by atoms with Gasteiger partial charge in [0.1, 0.15) is 6.07 Å². The molecule has 0 radical (unpaired) electrons. The summed E-state index contributed by atoms with van der Waals surface area (Å²) in [6, 6.07) is 9.05. The Hall–Kier alpha value is -2.39. The van der Waals surface area contributed by atoms with E-state index in [-0.39, 0.29) is 23.7 Å². The summed E-state index contributed by atoms with van der Waals surface area (Å²) in [5, 5.41) is 14.9. The van der Waals surface area contributed by atoms with Crippen molar-refractivity contribution in [1.82, 2.24) is 5.32 Å². The first-order valence-corrected chi connectivity index (χ1v) is 8.72. The number of rotatable bonds is 7. The molecule has 6 heteroatoms.